The van der Waals surface area contributed by atoms with Gasteiger partial charge in [-0.15, -0.1) is 0 Å². The zero-order valence-corrected chi connectivity index (χ0v) is 8.66. The van der Waals surface area contributed by atoms with Gasteiger partial charge in [0.15, 0.2) is 0 Å². The third-order valence-corrected chi connectivity index (χ3v) is 1.92. The average Bonchev–Trinajstić information content (AvgIpc) is 2.19. The summed E-state index contributed by atoms with van der Waals surface area (Å²) < 4.78 is 4.88. The van der Waals surface area contributed by atoms with Gasteiger partial charge in [-0.3, -0.25) is 4.99 Å². The fraction of sp³-hybridized carbons (Fsp3) is 0.364. The lowest BCUT2D eigenvalue weighted by molar-refractivity contribution is 0.208. The smallest absolute Gasteiger partial charge is 0.125 e. The maximum absolute atomic E-state index is 5.78. The number of aryl methyl sites for hydroxylation is 1. The van der Waals surface area contributed by atoms with Crippen LogP contribution >= 0.6 is 0 Å². The van der Waals surface area contributed by atoms with Gasteiger partial charge in [0.2, 0.25) is 0 Å². The first-order valence-electron chi connectivity index (χ1n) is 4.60. The number of hydrogen-bond donors (Lipinski definition) is 1. The van der Waals surface area contributed by atoms with E-state index in [2.05, 4.69) is 4.99 Å². The van der Waals surface area contributed by atoms with E-state index in [1.165, 1.54) is 5.56 Å². The Balaban J connectivity index is 2.64. The highest BCUT2D eigenvalue weighted by atomic mass is 16.5. The maximum atomic E-state index is 5.78. The van der Waals surface area contributed by atoms with Gasteiger partial charge >= 0.3 is 0 Å². The predicted molar refractivity (Wildman–Crippen MR) is 58.6 cm³/mol. The molecule has 0 aliphatic rings. The highest BCUT2D eigenvalue weighted by molar-refractivity contribution is 5.97. The Kier molecular flexibility index (Phi) is 4.13. The quantitative estimate of drug-likeness (QED) is 0.444. The summed E-state index contributed by atoms with van der Waals surface area (Å²) in [5.41, 5.74) is 7.97. The van der Waals surface area contributed by atoms with Crippen LogP contribution in [0.3, 0.4) is 0 Å². The maximum Gasteiger partial charge on any atom is 0.125 e. The average molecular weight is 192 g/mol. The van der Waals surface area contributed by atoms with E-state index in [0.29, 0.717) is 19.0 Å². The lowest BCUT2D eigenvalue weighted by atomic mass is 10.1. The second-order valence-corrected chi connectivity index (χ2v) is 3.13. The van der Waals surface area contributed by atoms with E-state index in [1.807, 2.05) is 31.2 Å². The first-order valence-corrected chi connectivity index (χ1v) is 4.60. The van der Waals surface area contributed by atoms with Crippen molar-refractivity contribution in [1.29, 1.82) is 0 Å². The molecule has 2 N–H and O–H groups in total. The van der Waals surface area contributed by atoms with Gasteiger partial charge in [0.05, 0.1) is 13.2 Å². The number of hydrogen-bond acceptors (Lipinski definition) is 2. The van der Waals surface area contributed by atoms with Gasteiger partial charge in [-0.25, -0.2) is 0 Å². The Morgan fingerprint density at radius 3 is 2.57 bits per heavy atom. The molecule has 3 nitrogen and oxygen atoms in total. The van der Waals surface area contributed by atoms with Crippen molar-refractivity contribution in [2.75, 3.05) is 20.3 Å². The van der Waals surface area contributed by atoms with Gasteiger partial charge in [-0.2, -0.15) is 0 Å². The van der Waals surface area contributed by atoms with Gasteiger partial charge in [0.25, 0.3) is 0 Å². The Bertz CT molecular complexity index is 304. The number of amidine groups is 1. The molecule has 1 aromatic carbocycles. The largest absolute Gasteiger partial charge is 0.384 e. The second kappa shape index (κ2) is 5.40. The molecule has 0 amide bonds. The van der Waals surface area contributed by atoms with Crippen LogP contribution in [0, 0.1) is 6.92 Å². The first-order chi connectivity index (χ1) is 6.74. The molecule has 0 saturated heterocycles. The van der Waals surface area contributed by atoms with Crippen LogP contribution < -0.4 is 5.73 Å². The molecule has 0 heterocycles. The minimum absolute atomic E-state index is 0.571. The highest BCUT2D eigenvalue weighted by Crippen LogP contribution is 2.02. The van der Waals surface area contributed by atoms with Crippen LogP contribution in [-0.2, 0) is 4.74 Å². The van der Waals surface area contributed by atoms with Crippen molar-refractivity contribution in [2.24, 2.45) is 10.7 Å². The number of nitrogens with zero attached hydrogens (tertiary/aromatic N) is 1. The standard InChI is InChI=1S/C11H16N2O/c1-9-3-5-10(6-4-9)11(12)13-7-8-14-2/h3-6H,7-8H2,1-2H3,(H2,12,13). The molecule has 0 unspecified atom stereocenters. The zero-order chi connectivity index (χ0) is 10.4. The monoisotopic (exact) mass is 192 g/mol. The number of aliphatic imine (C=N–C) groups is 1. The molecule has 0 atom stereocenters. The zero-order valence-electron chi connectivity index (χ0n) is 8.66. The van der Waals surface area contributed by atoms with Crippen LogP contribution in [0.4, 0.5) is 0 Å². The Morgan fingerprint density at radius 2 is 2.00 bits per heavy atom. The molecule has 14 heavy (non-hydrogen) atoms. The normalized spacial score (nSPS) is 11.7. The SMILES string of the molecule is COCCN=C(N)c1ccc(C)cc1. The predicted octanol–water partition coefficient (Wildman–Crippen LogP) is 1.35. The van der Waals surface area contributed by atoms with Crippen LogP contribution in [0.25, 0.3) is 0 Å². The van der Waals surface area contributed by atoms with Crippen molar-refractivity contribution in [3.05, 3.63) is 35.4 Å². The van der Waals surface area contributed by atoms with Crippen molar-refractivity contribution in [2.45, 2.75) is 6.92 Å². The molecule has 3 heteroatoms. The molecule has 0 aliphatic heterocycles. The molecule has 0 spiro atoms. The second-order valence-electron chi connectivity index (χ2n) is 3.13. The lowest BCUT2D eigenvalue weighted by Crippen LogP contribution is -2.14. The van der Waals surface area contributed by atoms with Gasteiger partial charge in [0.1, 0.15) is 5.84 Å². The summed E-state index contributed by atoms with van der Waals surface area (Å²) in [5.74, 6) is 0.571. The Hall–Kier alpha value is -1.35. The lowest BCUT2D eigenvalue weighted by Gasteiger charge is -2.01. The molecular weight excluding hydrogens is 176 g/mol. The van der Waals surface area contributed by atoms with Crippen molar-refractivity contribution in [3.8, 4) is 0 Å². The number of benzene rings is 1. The van der Waals surface area contributed by atoms with E-state index in [0.717, 1.165) is 5.56 Å². The number of rotatable bonds is 4. The summed E-state index contributed by atoms with van der Waals surface area (Å²) in [7, 11) is 1.65. The van der Waals surface area contributed by atoms with Crippen molar-refractivity contribution < 1.29 is 4.74 Å². The van der Waals surface area contributed by atoms with E-state index < -0.39 is 0 Å². The summed E-state index contributed by atoms with van der Waals surface area (Å²) >= 11 is 0. The van der Waals surface area contributed by atoms with Crippen molar-refractivity contribution in [1.82, 2.24) is 0 Å². The van der Waals surface area contributed by atoms with Gasteiger partial charge in [0, 0.05) is 12.7 Å². The van der Waals surface area contributed by atoms with Crippen LogP contribution in [0.2, 0.25) is 0 Å². The molecule has 0 fully saturated rings. The molecule has 0 saturated carbocycles. The van der Waals surface area contributed by atoms with E-state index in [1.54, 1.807) is 7.11 Å². The minimum Gasteiger partial charge on any atom is -0.384 e. The Morgan fingerprint density at radius 1 is 1.36 bits per heavy atom. The summed E-state index contributed by atoms with van der Waals surface area (Å²) in [5, 5.41) is 0. The third kappa shape index (κ3) is 3.18. The van der Waals surface area contributed by atoms with E-state index in [4.69, 9.17) is 10.5 Å². The molecule has 0 aromatic heterocycles. The fourth-order valence-corrected chi connectivity index (χ4v) is 1.07. The number of methoxy groups -OCH3 is 1. The van der Waals surface area contributed by atoms with E-state index in [9.17, 15) is 0 Å². The van der Waals surface area contributed by atoms with Crippen LogP contribution in [-0.4, -0.2) is 26.1 Å². The van der Waals surface area contributed by atoms with Gasteiger partial charge in [-0.05, 0) is 6.92 Å². The summed E-state index contributed by atoms with van der Waals surface area (Å²) in [4.78, 5) is 4.18. The molecule has 0 bridgehead atoms. The molecule has 0 aliphatic carbocycles. The van der Waals surface area contributed by atoms with E-state index >= 15 is 0 Å². The van der Waals surface area contributed by atoms with Crippen molar-refractivity contribution in [3.63, 3.8) is 0 Å². The molecule has 76 valence electrons. The van der Waals surface area contributed by atoms with Crippen LogP contribution in [0.5, 0.6) is 0 Å². The molecular formula is C11H16N2O. The number of nitrogens with two attached hydrogens (primary N) is 1. The summed E-state index contributed by atoms with van der Waals surface area (Å²) in [6.45, 7) is 3.25. The summed E-state index contributed by atoms with van der Waals surface area (Å²) in [6, 6.07) is 7.99. The molecule has 1 aromatic rings. The van der Waals surface area contributed by atoms with E-state index in [-0.39, 0.29) is 0 Å². The third-order valence-electron chi connectivity index (χ3n) is 1.92. The van der Waals surface area contributed by atoms with Gasteiger partial charge in [-0.1, -0.05) is 29.8 Å². The van der Waals surface area contributed by atoms with Crippen LogP contribution in [0.1, 0.15) is 11.1 Å². The Labute approximate surface area is 84.6 Å². The molecule has 0 radical (unpaired) electrons. The van der Waals surface area contributed by atoms with Crippen LogP contribution in [0.15, 0.2) is 29.3 Å². The fourth-order valence-electron chi connectivity index (χ4n) is 1.07. The highest BCUT2D eigenvalue weighted by Gasteiger charge is 1.96. The topological polar surface area (TPSA) is 47.6 Å². The van der Waals surface area contributed by atoms with Crippen molar-refractivity contribution >= 4 is 5.84 Å². The minimum atomic E-state index is 0.571. The molecule has 1 rings (SSSR count). The van der Waals surface area contributed by atoms with Gasteiger partial charge < -0.3 is 10.5 Å². The first kappa shape index (κ1) is 10.7. The number of ether oxygens (including phenoxy) is 1. The summed E-state index contributed by atoms with van der Waals surface area (Å²) in [6.07, 6.45) is 0.